The largest absolute Gasteiger partial charge is 0.400 e. The summed E-state index contributed by atoms with van der Waals surface area (Å²) >= 11 is 11.8. The number of halogens is 2. The maximum atomic E-state index is 7.00. The summed E-state index contributed by atoms with van der Waals surface area (Å²) < 4.78 is 5.72. The lowest BCUT2D eigenvalue weighted by Gasteiger charge is -2.15. The molecule has 3 nitrogen and oxygen atoms in total. The molecule has 17 heavy (non-hydrogen) atoms. The van der Waals surface area contributed by atoms with Gasteiger partial charge in [-0.3, -0.25) is 0 Å². The Morgan fingerprint density at radius 2 is 2.00 bits per heavy atom. The Balaban J connectivity index is 0.000000686. The van der Waals surface area contributed by atoms with E-state index in [1.807, 2.05) is 18.2 Å². The molecular formula is C12H17Cl2NO2. The molecule has 0 aliphatic carbocycles. The van der Waals surface area contributed by atoms with Crippen molar-refractivity contribution in [3.8, 4) is 0 Å². The van der Waals surface area contributed by atoms with Gasteiger partial charge in [0.15, 0.2) is 0 Å². The predicted octanol–water partition coefficient (Wildman–Crippen LogP) is 2.65. The number of nitrogens with one attached hydrogen (secondary N) is 1. The number of aliphatic hydroxyl groups is 1. The van der Waals surface area contributed by atoms with Crippen molar-refractivity contribution >= 4 is 23.2 Å². The molecule has 1 saturated heterocycles. The first-order chi connectivity index (χ1) is 8.27. The zero-order chi connectivity index (χ0) is 12.7. The van der Waals surface area contributed by atoms with Crippen molar-refractivity contribution in [3.63, 3.8) is 0 Å². The highest BCUT2D eigenvalue weighted by Gasteiger charge is 2.15. The van der Waals surface area contributed by atoms with Crippen molar-refractivity contribution in [2.75, 3.05) is 26.8 Å². The van der Waals surface area contributed by atoms with Crippen molar-refractivity contribution in [3.05, 3.63) is 33.8 Å². The molecule has 1 heterocycles. The van der Waals surface area contributed by atoms with Crippen LogP contribution in [0.3, 0.4) is 0 Å². The van der Waals surface area contributed by atoms with E-state index in [0.29, 0.717) is 10.0 Å². The number of aliphatic hydroxyl groups excluding tert-OH is 1. The highest BCUT2D eigenvalue weighted by molar-refractivity contribution is 6.42. The second-order valence-corrected chi connectivity index (χ2v) is 4.39. The van der Waals surface area contributed by atoms with Crippen molar-refractivity contribution in [1.29, 1.82) is 0 Å². The fourth-order valence-electron chi connectivity index (χ4n) is 1.69. The Labute approximate surface area is 112 Å². The molecule has 2 N–H and O–H groups in total. The molecule has 0 saturated carbocycles. The standard InChI is InChI=1S/C11H13Cl2NO.CH4O/c12-9-2-1-8(7-10(9)13)11-3-4-14-5-6-15-11;1-2/h1-2,7,11,14H,3-6H2;2H,1H3. The lowest BCUT2D eigenvalue weighted by Crippen LogP contribution is -2.16. The second-order valence-electron chi connectivity index (χ2n) is 3.57. The molecular weight excluding hydrogens is 261 g/mol. The van der Waals surface area contributed by atoms with Crippen LogP contribution in [-0.2, 0) is 4.74 Å². The van der Waals surface area contributed by atoms with Crippen LogP contribution < -0.4 is 5.32 Å². The third-order valence-corrected chi connectivity index (χ3v) is 3.24. The van der Waals surface area contributed by atoms with Crippen LogP contribution in [-0.4, -0.2) is 31.9 Å². The molecule has 1 aliphatic heterocycles. The molecule has 0 radical (unpaired) electrons. The Morgan fingerprint density at radius 3 is 2.71 bits per heavy atom. The number of hydrogen-bond acceptors (Lipinski definition) is 3. The number of rotatable bonds is 1. The molecule has 1 atom stereocenters. The maximum absolute atomic E-state index is 7.00. The molecule has 1 fully saturated rings. The SMILES string of the molecule is CO.Clc1ccc(C2CCNCCO2)cc1Cl. The smallest absolute Gasteiger partial charge is 0.0838 e. The summed E-state index contributed by atoms with van der Waals surface area (Å²) in [6.07, 6.45) is 1.10. The van der Waals surface area contributed by atoms with Crippen LogP contribution in [0, 0.1) is 0 Å². The number of hydrogen-bond donors (Lipinski definition) is 2. The van der Waals surface area contributed by atoms with E-state index in [1.165, 1.54) is 0 Å². The molecule has 1 aromatic carbocycles. The van der Waals surface area contributed by atoms with Gasteiger partial charge in [0.05, 0.1) is 22.8 Å². The minimum atomic E-state index is 0.134. The van der Waals surface area contributed by atoms with Gasteiger partial charge >= 0.3 is 0 Å². The quantitative estimate of drug-likeness (QED) is 0.829. The lowest BCUT2D eigenvalue weighted by atomic mass is 10.1. The van der Waals surface area contributed by atoms with Crippen molar-refractivity contribution in [2.45, 2.75) is 12.5 Å². The third-order valence-electron chi connectivity index (χ3n) is 2.50. The molecule has 1 unspecified atom stereocenters. The van der Waals surface area contributed by atoms with Gasteiger partial charge in [0, 0.05) is 13.7 Å². The monoisotopic (exact) mass is 277 g/mol. The Kier molecular flexibility index (Phi) is 6.85. The molecule has 0 amide bonds. The normalized spacial score (nSPS) is 20.1. The van der Waals surface area contributed by atoms with E-state index in [4.69, 9.17) is 33.0 Å². The fourth-order valence-corrected chi connectivity index (χ4v) is 2.00. The van der Waals surface area contributed by atoms with Crippen molar-refractivity contribution in [1.82, 2.24) is 5.32 Å². The summed E-state index contributed by atoms with van der Waals surface area (Å²) in [7, 11) is 1.00. The minimum Gasteiger partial charge on any atom is -0.400 e. The lowest BCUT2D eigenvalue weighted by molar-refractivity contribution is 0.0644. The Morgan fingerprint density at radius 1 is 1.24 bits per heavy atom. The summed E-state index contributed by atoms with van der Waals surface area (Å²) in [4.78, 5) is 0. The summed E-state index contributed by atoms with van der Waals surface area (Å²) in [6.45, 7) is 2.63. The van der Waals surface area contributed by atoms with Gasteiger partial charge in [-0.1, -0.05) is 29.3 Å². The number of benzene rings is 1. The third kappa shape index (κ3) is 4.45. The van der Waals surface area contributed by atoms with E-state index in [2.05, 4.69) is 5.32 Å². The first-order valence-corrected chi connectivity index (χ1v) is 6.25. The van der Waals surface area contributed by atoms with Gasteiger partial charge in [0.1, 0.15) is 0 Å². The molecule has 1 aliphatic rings. The van der Waals surface area contributed by atoms with Crippen LogP contribution in [0.4, 0.5) is 0 Å². The van der Waals surface area contributed by atoms with Crippen molar-refractivity contribution < 1.29 is 9.84 Å². The minimum absolute atomic E-state index is 0.134. The summed E-state index contributed by atoms with van der Waals surface area (Å²) in [5.41, 5.74) is 1.10. The van der Waals surface area contributed by atoms with E-state index < -0.39 is 0 Å². The highest BCUT2D eigenvalue weighted by Crippen LogP contribution is 2.28. The molecule has 96 valence electrons. The summed E-state index contributed by atoms with van der Waals surface area (Å²) in [5, 5.41) is 11.5. The highest BCUT2D eigenvalue weighted by atomic mass is 35.5. The van der Waals surface area contributed by atoms with Crippen LogP contribution in [0.25, 0.3) is 0 Å². The molecule has 0 aromatic heterocycles. The average Bonchev–Trinajstić information content (AvgIpc) is 2.64. The van der Waals surface area contributed by atoms with Crippen LogP contribution in [0.2, 0.25) is 10.0 Å². The van der Waals surface area contributed by atoms with Gasteiger partial charge in [-0.15, -0.1) is 0 Å². The van der Waals surface area contributed by atoms with Gasteiger partial charge in [0.2, 0.25) is 0 Å². The number of ether oxygens (including phenoxy) is 1. The van der Waals surface area contributed by atoms with Gasteiger partial charge in [-0.05, 0) is 30.7 Å². The first-order valence-electron chi connectivity index (χ1n) is 5.49. The van der Waals surface area contributed by atoms with Crippen LogP contribution in [0.5, 0.6) is 0 Å². The first kappa shape index (κ1) is 14.7. The summed E-state index contributed by atoms with van der Waals surface area (Å²) in [6, 6.07) is 5.69. The molecule has 0 bridgehead atoms. The van der Waals surface area contributed by atoms with Gasteiger partial charge < -0.3 is 15.2 Å². The van der Waals surface area contributed by atoms with Crippen molar-refractivity contribution in [2.24, 2.45) is 0 Å². The van der Waals surface area contributed by atoms with Crippen LogP contribution >= 0.6 is 23.2 Å². The topological polar surface area (TPSA) is 41.5 Å². The second kappa shape index (κ2) is 7.90. The van der Waals surface area contributed by atoms with E-state index in [-0.39, 0.29) is 6.10 Å². The van der Waals surface area contributed by atoms with Gasteiger partial charge in [0.25, 0.3) is 0 Å². The maximum Gasteiger partial charge on any atom is 0.0838 e. The zero-order valence-electron chi connectivity index (χ0n) is 9.75. The van der Waals surface area contributed by atoms with E-state index >= 15 is 0 Å². The van der Waals surface area contributed by atoms with Crippen LogP contribution in [0.1, 0.15) is 18.1 Å². The van der Waals surface area contributed by atoms with Crippen LogP contribution in [0.15, 0.2) is 18.2 Å². The molecule has 5 heteroatoms. The predicted molar refractivity (Wildman–Crippen MR) is 70.8 cm³/mol. The van der Waals surface area contributed by atoms with E-state index in [0.717, 1.165) is 38.8 Å². The zero-order valence-corrected chi connectivity index (χ0v) is 11.3. The van der Waals surface area contributed by atoms with Gasteiger partial charge in [-0.25, -0.2) is 0 Å². The average molecular weight is 278 g/mol. The molecule has 1 aromatic rings. The fraction of sp³-hybridized carbons (Fsp3) is 0.500. The van der Waals surface area contributed by atoms with Gasteiger partial charge in [-0.2, -0.15) is 0 Å². The van der Waals surface area contributed by atoms with E-state index in [9.17, 15) is 0 Å². The van der Waals surface area contributed by atoms with E-state index in [1.54, 1.807) is 0 Å². The Bertz CT molecular complexity index is 339. The summed E-state index contributed by atoms with van der Waals surface area (Å²) in [5.74, 6) is 0. The molecule has 0 spiro atoms. The Hall–Kier alpha value is -0.320. The molecule has 2 rings (SSSR count).